The SMILES string of the molecule is CCNC(=NCc1ccc(F)cc1)NCCCCN1CCN(CC)CC1.I. The maximum absolute atomic E-state index is 13.0. The van der Waals surface area contributed by atoms with E-state index >= 15 is 0 Å². The van der Waals surface area contributed by atoms with Gasteiger partial charge in [0, 0.05) is 39.3 Å². The number of likely N-dealkylation sites (N-methyl/N-ethyl adjacent to an activating group) is 1. The predicted molar refractivity (Wildman–Crippen MR) is 122 cm³/mol. The van der Waals surface area contributed by atoms with Crippen LogP contribution in [0.1, 0.15) is 32.3 Å². The van der Waals surface area contributed by atoms with E-state index in [1.807, 2.05) is 0 Å². The average molecular weight is 491 g/mol. The van der Waals surface area contributed by atoms with Crippen molar-refractivity contribution in [3.8, 4) is 0 Å². The minimum Gasteiger partial charge on any atom is -0.357 e. The van der Waals surface area contributed by atoms with Crippen LogP contribution in [-0.2, 0) is 6.54 Å². The summed E-state index contributed by atoms with van der Waals surface area (Å²) in [6.45, 7) is 13.8. The van der Waals surface area contributed by atoms with Crippen LogP contribution in [0.2, 0.25) is 0 Å². The van der Waals surface area contributed by atoms with Crippen molar-refractivity contribution < 1.29 is 4.39 Å². The molecule has 0 bridgehead atoms. The second-order valence-electron chi connectivity index (χ2n) is 6.73. The summed E-state index contributed by atoms with van der Waals surface area (Å²) in [6.07, 6.45) is 2.34. The number of piperazine rings is 1. The highest BCUT2D eigenvalue weighted by Crippen LogP contribution is 2.04. The van der Waals surface area contributed by atoms with Gasteiger partial charge in [0.05, 0.1) is 6.54 Å². The van der Waals surface area contributed by atoms with Gasteiger partial charge in [0.1, 0.15) is 5.82 Å². The van der Waals surface area contributed by atoms with Crippen LogP contribution in [0.15, 0.2) is 29.3 Å². The number of halogens is 2. The van der Waals surface area contributed by atoms with E-state index in [4.69, 9.17) is 0 Å². The van der Waals surface area contributed by atoms with Gasteiger partial charge in [0.15, 0.2) is 5.96 Å². The Labute approximate surface area is 180 Å². The predicted octanol–water partition coefficient (Wildman–Crippen LogP) is 2.92. The fraction of sp³-hybridized carbons (Fsp3) is 0.650. The van der Waals surface area contributed by atoms with Crippen molar-refractivity contribution in [3.63, 3.8) is 0 Å². The molecule has 1 heterocycles. The number of hydrogen-bond acceptors (Lipinski definition) is 3. The number of rotatable bonds is 9. The zero-order valence-corrected chi connectivity index (χ0v) is 19.0. The van der Waals surface area contributed by atoms with Crippen molar-refractivity contribution in [1.82, 2.24) is 20.4 Å². The van der Waals surface area contributed by atoms with Gasteiger partial charge in [0.2, 0.25) is 0 Å². The molecule has 0 aliphatic carbocycles. The smallest absolute Gasteiger partial charge is 0.191 e. The normalized spacial score (nSPS) is 16.0. The summed E-state index contributed by atoms with van der Waals surface area (Å²) in [5, 5.41) is 6.66. The molecule has 1 aromatic rings. The molecule has 1 aromatic carbocycles. The van der Waals surface area contributed by atoms with Gasteiger partial charge in [-0.05, 0) is 50.6 Å². The maximum atomic E-state index is 13.0. The Bertz CT molecular complexity index is 530. The van der Waals surface area contributed by atoms with Gasteiger partial charge in [-0.2, -0.15) is 0 Å². The van der Waals surface area contributed by atoms with Crippen molar-refractivity contribution in [2.45, 2.75) is 33.2 Å². The summed E-state index contributed by atoms with van der Waals surface area (Å²) in [6, 6.07) is 6.51. The number of aliphatic imine (C=N–C) groups is 1. The number of unbranched alkanes of at least 4 members (excludes halogenated alkanes) is 1. The van der Waals surface area contributed by atoms with Gasteiger partial charge in [-0.1, -0.05) is 19.1 Å². The summed E-state index contributed by atoms with van der Waals surface area (Å²) >= 11 is 0. The van der Waals surface area contributed by atoms with Gasteiger partial charge < -0.3 is 20.4 Å². The molecule has 0 aromatic heterocycles. The molecule has 154 valence electrons. The maximum Gasteiger partial charge on any atom is 0.191 e. The zero-order chi connectivity index (χ0) is 18.6. The number of benzene rings is 1. The molecule has 27 heavy (non-hydrogen) atoms. The van der Waals surface area contributed by atoms with Gasteiger partial charge in [-0.25, -0.2) is 9.38 Å². The van der Waals surface area contributed by atoms with Crippen LogP contribution in [0, 0.1) is 5.82 Å². The van der Waals surface area contributed by atoms with Crippen molar-refractivity contribution >= 4 is 29.9 Å². The van der Waals surface area contributed by atoms with Gasteiger partial charge >= 0.3 is 0 Å². The quantitative estimate of drug-likeness (QED) is 0.241. The number of guanidine groups is 1. The van der Waals surface area contributed by atoms with Crippen molar-refractivity contribution in [1.29, 1.82) is 0 Å². The topological polar surface area (TPSA) is 42.9 Å². The molecule has 2 rings (SSSR count). The lowest BCUT2D eigenvalue weighted by Crippen LogP contribution is -2.46. The molecule has 1 saturated heterocycles. The Hall–Kier alpha value is -0.930. The Morgan fingerprint density at radius 3 is 2.30 bits per heavy atom. The van der Waals surface area contributed by atoms with E-state index in [1.165, 1.54) is 57.8 Å². The molecule has 2 N–H and O–H groups in total. The van der Waals surface area contributed by atoms with E-state index in [9.17, 15) is 4.39 Å². The first-order chi connectivity index (χ1) is 12.7. The van der Waals surface area contributed by atoms with Crippen molar-refractivity contribution in [2.75, 3.05) is 52.4 Å². The standard InChI is InChI=1S/C20H34FN5.HI/c1-3-22-20(24-17-18-7-9-19(21)10-8-18)23-11-5-6-12-26-15-13-25(4-2)14-16-26;/h7-10H,3-6,11-17H2,1-2H3,(H2,22,23,24);1H. The van der Waals surface area contributed by atoms with E-state index in [2.05, 4.69) is 39.3 Å². The number of nitrogens with one attached hydrogen (secondary N) is 2. The van der Waals surface area contributed by atoms with Gasteiger partial charge in [0.25, 0.3) is 0 Å². The summed E-state index contributed by atoms with van der Waals surface area (Å²) < 4.78 is 13.0. The molecular weight excluding hydrogens is 456 g/mol. The van der Waals surface area contributed by atoms with Gasteiger partial charge in [-0.15, -0.1) is 24.0 Å². The molecule has 0 unspecified atom stereocenters. The molecule has 0 spiro atoms. The summed E-state index contributed by atoms with van der Waals surface area (Å²) in [4.78, 5) is 9.66. The van der Waals surface area contributed by atoms with Crippen LogP contribution in [-0.4, -0.2) is 68.1 Å². The van der Waals surface area contributed by atoms with Crippen LogP contribution in [0.4, 0.5) is 4.39 Å². The minimum atomic E-state index is -0.209. The summed E-state index contributed by atoms with van der Waals surface area (Å²) in [5.74, 6) is 0.618. The first-order valence-corrected chi connectivity index (χ1v) is 9.92. The molecule has 1 aliphatic rings. The first kappa shape index (κ1) is 24.1. The van der Waals surface area contributed by atoms with E-state index in [-0.39, 0.29) is 29.8 Å². The molecule has 1 fully saturated rings. The molecule has 7 heteroatoms. The highest BCUT2D eigenvalue weighted by molar-refractivity contribution is 14.0. The van der Waals surface area contributed by atoms with Crippen LogP contribution < -0.4 is 10.6 Å². The number of hydrogen-bond donors (Lipinski definition) is 2. The average Bonchev–Trinajstić information content (AvgIpc) is 2.67. The lowest BCUT2D eigenvalue weighted by atomic mass is 10.2. The van der Waals surface area contributed by atoms with E-state index in [1.54, 1.807) is 12.1 Å². The third-order valence-corrected chi connectivity index (χ3v) is 4.78. The Morgan fingerprint density at radius 2 is 1.67 bits per heavy atom. The molecule has 5 nitrogen and oxygen atoms in total. The second kappa shape index (κ2) is 14.1. The highest BCUT2D eigenvalue weighted by atomic mass is 127. The molecule has 0 atom stereocenters. The lowest BCUT2D eigenvalue weighted by molar-refractivity contribution is 0.136. The summed E-state index contributed by atoms with van der Waals surface area (Å²) in [5.41, 5.74) is 1.01. The molecular formula is C20H35FIN5. The fourth-order valence-corrected chi connectivity index (χ4v) is 3.10. The van der Waals surface area contributed by atoms with Crippen molar-refractivity contribution in [3.05, 3.63) is 35.6 Å². The third-order valence-electron chi connectivity index (χ3n) is 4.78. The molecule has 0 radical (unpaired) electrons. The Morgan fingerprint density at radius 1 is 1.00 bits per heavy atom. The van der Waals surface area contributed by atoms with Crippen LogP contribution in [0.3, 0.4) is 0 Å². The zero-order valence-electron chi connectivity index (χ0n) is 16.7. The number of nitrogens with zero attached hydrogens (tertiary/aromatic N) is 3. The van der Waals surface area contributed by atoms with Crippen LogP contribution >= 0.6 is 24.0 Å². The minimum absolute atomic E-state index is 0. The highest BCUT2D eigenvalue weighted by Gasteiger charge is 2.14. The van der Waals surface area contributed by atoms with E-state index in [0.717, 1.165) is 31.0 Å². The third kappa shape index (κ3) is 9.71. The van der Waals surface area contributed by atoms with Crippen molar-refractivity contribution in [2.24, 2.45) is 4.99 Å². The summed E-state index contributed by atoms with van der Waals surface area (Å²) in [7, 11) is 0. The second-order valence-corrected chi connectivity index (χ2v) is 6.73. The van der Waals surface area contributed by atoms with Crippen LogP contribution in [0.25, 0.3) is 0 Å². The Balaban J connectivity index is 0.00000364. The molecule has 0 saturated carbocycles. The lowest BCUT2D eigenvalue weighted by Gasteiger charge is -2.34. The fourth-order valence-electron chi connectivity index (χ4n) is 3.10. The van der Waals surface area contributed by atoms with Gasteiger partial charge in [-0.3, -0.25) is 0 Å². The monoisotopic (exact) mass is 491 g/mol. The van der Waals surface area contributed by atoms with E-state index < -0.39 is 0 Å². The van der Waals surface area contributed by atoms with Crippen LogP contribution in [0.5, 0.6) is 0 Å². The first-order valence-electron chi connectivity index (χ1n) is 9.92. The van der Waals surface area contributed by atoms with E-state index in [0.29, 0.717) is 6.54 Å². The largest absolute Gasteiger partial charge is 0.357 e. The Kier molecular flexibility index (Phi) is 12.6. The molecule has 1 aliphatic heterocycles. The molecule has 0 amide bonds.